The van der Waals surface area contributed by atoms with Gasteiger partial charge in [0.25, 0.3) is 5.56 Å². The third-order valence-electron chi connectivity index (χ3n) is 5.91. The van der Waals surface area contributed by atoms with Gasteiger partial charge in [-0.15, -0.1) is 0 Å². The predicted molar refractivity (Wildman–Crippen MR) is 106 cm³/mol. The van der Waals surface area contributed by atoms with Crippen molar-refractivity contribution in [3.63, 3.8) is 0 Å². The van der Waals surface area contributed by atoms with Gasteiger partial charge in [0, 0.05) is 31.0 Å². The molecule has 2 N–H and O–H groups in total. The van der Waals surface area contributed by atoms with E-state index in [9.17, 15) is 15.2 Å². The summed E-state index contributed by atoms with van der Waals surface area (Å²) in [7, 11) is 1.72. The molecule has 3 rings (SSSR count). The first-order valence-electron chi connectivity index (χ1n) is 9.26. The van der Waals surface area contributed by atoms with Gasteiger partial charge in [-0.05, 0) is 37.5 Å². The SMILES string of the molecule is COC1(C)CCN(c2c(C#N)c(=O)[nH]c3ccc(C(C)(C)CO)cc23)CC1. The smallest absolute Gasteiger partial charge is 0.268 e. The highest BCUT2D eigenvalue weighted by atomic mass is 16.5. The summed E-state index contributed by atoms with van der Waals surface area (Å²) >= 11 is 0. The Balaban J connectivity index is 2.18. The van der Waals surface area contributed by atoms with Gasteiger partial charge in [-0.2, -0.15) is 5.26 Å². The molecule has 0 unspecified atom stereocenters. The summed E-state index contributed by atoms with van der Waals surface area (Å²) in [6.07, 6.45) is 1.65. The Morgan fingerprint density at radius 1 is 1.37 bits per heavy atom. The molecule has 2 aromatic rings. The average molecular weight is 369 g/mol. The van der Waals surface area contributed by atoms with Gasteiger partial charge in [0.05, 0.1) is 23.4 Å². The number of hydrogen-bond donors (Lipinski definition) is 2. The lowest BCUT2D eigenvalue weighted by atomic mass is 9.84. The van der Waals surface area contributed by atoms with E-state index in [0.717, 1.165) is 23.8 Å². The molecule has 0 bridgehead atoms. The summed E-state index contributed by atoms with van der Waals surface area (Å²) < 4.78 is 5.62. The molecule has 0 atom stereocenters. The van der Waals surface area contributed by atoms with E-state index in [1.54, 1.807) is 7.11 Å². The van der Waals surface area contributed by atoms with Crippen molar-refractivity contribution in [3.8, 4) is 6.07 Å². The number of nitriles is 1. The van der Waals surface area contributed by atoms with Crippen molar-refractivity contribution in [1.82, 2.24) is 4.98 Å². The third-order valence-corrected chi connectivity index (χ3v) is 5.91. The van der Waals surface area contributed by atoms with Gasteiger partial charge < -0.3 is 19.7 Å². The second kappa shape index (κ2) is 6.99. The van der Waals surface area contributed by atoms with E-state index in [2.05, 4.69) is 22.9 Å². The number of methoxy groups -OCH3 is 1. The number of piperidine rings is 1. The number of nitrogens with zero attached hydrogens (tertiary/aromatic N) is 2. The van der Waals surface area contributed by atoms with Crippen LogP contribution in [0.25, 0.3) is 10.9 Å². The second-order valence-electron chi connectivity index (χ2n) is 8.23. The lowest BCUT2D eigenvalue weighted by molar-refractivity contribution is -0.0132. The van der Waals surface area contributed by atoms with Gasteiger partial charge >= 0.3 is 0 Å². The molecule has 1 aliphatic rings. The fourth-order valence-corrected chi connectivity index (χ4v) is 3.63. The molecule has 1 aromatic carbocycles. The van der Waals surface area contributed by atoms with Crippen molar-refractivity contribution >= 4 is 16.6 Å². The zero-order valence-electron chi connectivity index (χ0n) is 16.4. The predicted octanol–water partition coefficient (Wildman–Crippen LogP) is 2.67. The summed E-state index contributed by atoms with van der Waals surface area (Å²) in [5, 5.41) is 20.2. The number of benzene rings is 1. The monoisotopic (exact) mass is 369 g/mol. The Morgan fingerprint density at radius 2 is 2.04 bits per heavy atom. The van der Waals surface area contributed by atoms with Crippen LogP contribution in [0.4, 0.5) is 5.69 Å². The molecule has 0 saturated carbocycles. The third kappa shape index (κ3) is 3.45. The van der Waals surface area contributed by atoms with Gasteiger partial charge in [-0.1, -0.05) is 19.9 Å². The number of rotatable bonds is 4. The largest absolute Gasteiger partial charge is 0.395 e. The van der Waals surface area contributed by atoms with Crippen LogP contribution < -0.4 is 10.5 Å². The first kappa shape index (κ1) is 19.4. The number of aliphatic hydroxyl groups excluding tert-OH is 1. The normalized spacial score (nSPS) is 17.1. The Bertz CT molecular complexity index is 948. The van der Waals surface area contributed by atoms with Crippen LogP contribution in [0.3, 0.4) is 0 Å². The van der Waals surface area contributed by atoms with E-state index < -0.39 is 5.41 Å². The number of H-pyrrole nitrogens is 1. The quantitative estimate of drug-likeness (QED) is 0.865. The van der Waals surface area contributed by atoms with Crippen molar-refractivity contribution in [2.24, 2.45) is 0 Å². The topological polar surface area (TPSA) is 89.4 Å². The molecule has 1 aromatic heterocycles. The minimum Gasteiger partial charge on any atom is -0.395 e. The number of anilines is 1. The maximum Gasteiger partial charge on any atom is 0.268 e. The average Bonchev–Trinajstić information content (AvgIpc) is 2.67. The molecule has 1 saturated heterocycles. The number of aromatic amines is 1. The fourth-order valence-electron chi connectivity index (χ4n) is 3.63. The Kier molecular flexibility index (Phi) is 5.02. The molecular formula is C21H27N3O3. The summed E-state index contributed by atoms with van der Waals surface area (Å²) in [4.78, 5) is 17.4. The minimum atomic E-state index is -0.412. The summed E-state index contributed by atoms with van der Waals surface area (Å²) in [5.41, 5.74) is 1.54. The summed E-state index contributed by atoms with van der Waals surface area (Å²) in [5.74, 6) is 0. The van der Waals surface area contributed by atoms with Crippen LogP contribution in [0.2, 0.25) is 0 Å². The molecular weight excluding hydrogens is 342 g/mol. The van der Waals surface area contributed by atoms with E-state index in [4.69, 9.17) is 4.74 Å². The number of pyridine rings is 1. The molecule has 0 amide bonds. The van der Waals surface area contributed by atoms with Crippen molar-refractivity contribution in [2.45, 2.75) is 44.6 Å². The molecule has 6 heteroatoms. The van der Waals surface area contributed by atoms with Gasteiger partial charge in [0.15, 0.2) is 0 Å². The zero-order chi connectivity index (χ0) is 19.8. The van der Waals surface area contributed by atoms with E-state index >= 15 is 0 Å². The minimum absolute atomic E-state index is 0.0121. The number of aromatic nitrogens is 1. The molecule has 0 radical (unpaired) electrons. The van der Waals surface area contributed by atoms with E-state index in [1.165, 1.54) is 0 Å². The van der Waals surface area contributed by atoms with Gasteiger partial charge in [0.2, 0.25) is 0 Å². The fraction of sp³-hybridized carbons (Fsp3) is 0.524. The van der Waals surface area contributed by atoms with Crippen molar-refractivity contribution in [2.75, 3.05) is 31.7 Å². The summed E-state index contributed by atoms with van der Waals surface area (Å²) in [6.45, 7) is 7.47. The molecule has 0 aliphatic carbocycles. The molecule has 6 nitrogen and oxygen atoms in total. The van der Waals surface area contributed by atoms with Crippen LogP contribution in [-0.2, 0) is 10.2 Å². The van der Waals surface area contributed by atoms with Gasteiger partial charge in [-0.3, -0.25) is 4.79 Å². The van der Waals surface area contributed by atoms with Crippen LogP contribution in [-0.4, -0.2) is 42.5 Å². The lowest BCUT2D eigenvalue weighted by Crippen LogP contribution is -2.44. The van der Waals surface area contributed by atoms with E-state index in [0.29, 0.717) is 24.3 Å². The van der Waals surface area contributed by atoms with Crippen LogP contribution in [0.15, 0.2) is 23.0 Å². The molecule has 2 heterocycles. The number of nitrogens with one attached hydrogen (secondary N) is 1. The van der Waals surface area contributed by atoms with Crippen molar-refractivity contribution in [3.05, 3.63) is 39.7 Å². The Labute approximate surface area is 159 Å². The second-order valence-corrected chi connectivity index (χ2v) is 8.23. The number of hydrogen-bond acceptors (Lipinski definition) is 5. The van der Waals surface area contributed by atoms with E-state index in [-0.39, 0.29) is 23.3 Å². The van der Waals surface area contributed by atoms with Crippen molar-refractivity contribution in [1.29, 1.82) is 5.26 Å². The van der Waals surface area contributed by atoms with Crippen LogP contribution in [0, 0.1) is 11.3 Å². The highest BCUT2D eigenvalue weighted by Crippen LogP contribution is 2.35. The van der Waals surface area contributed by atoms with Gasteiger partial charge in [0.1, 0.15) is 11.6 Å². The van der Waals surface area contributed by atoms with Gasteiger partial charge in [-0.25, -0.2) is 0 Å². The molecule has 27 heavy (non-hydrogen) atoms. The standard InChI is InChI=1S/C21H27N3O3/c1-20(2,13-25)14-5-6-17-15(11-14)18(16(12-22)19(26)23-17)24-9-7-21(3,27-4)8-10-24/h5-6,11,25H,7-10,13H2,1-4H3,(H,23,26). The maximum absolute atomic E-state index is 12.5. The maximum atomic E-state index is 12.5. The highest BCUT2D eigenvalue weighted by Gasteiger charge is 2.32. The number of ether oxygens (including phenoxy) is 1. The molecule has 144 valence electrons. The molecule has 1 aliphatic heterocycles. The molecule has 1 fully saturated rings. The number of aliphatic hydroxyl groups is 1. The van der Waals surface area contributed by atoms with Crippen LogP contribution in [0.5, 0.6) is 0 Å². The molecule has 0 spiro atoms. The van der Waals surface area contributed by atoms with Crippen LogP contribution >= 0.6 is 0 Å². The first-order valence-corrected chi connectivity index (χ1v) is 9.26. The Hall–Kier alpha value is -2.36. The Morgan fingerprint density at radius 3 is 2.59 bits per heavy atom. The highest BCUT2D eigenvalue weighted by molar-refractivity contribution is 5.95. The first-order chi connectivity index (χ1) is 12.7. The number of fused-ring (bicyclic) bond motifs is 1. The van der Waals surface area contributed by atoms with E-state index in [1.807, 2.05) is 32.0 Å². The van der Waals surface area contributed by atoms with Crippen LogP contribution in [0.1, 0.15) is 44.7 Å². The zero-order valence-corrected chi connectivity index (χ0v) is 16.4. The lowest BCUT2D eigenvalue weighted by Gasteiger charge is -2.40. The summed E-state index contributed by atoms with van der Waals surface area (Å²) in [6, 6.07) is 7.86. The van der Waals surface area contributed by atoms with Crippen molar-refractivity contribution < 1.29 is 9.84 Å².